The van der Waals surface area contributed by atoms with Gasteiger partial charge >= 0.3 is 6.61 Å². The summed E-state index contributed by atoms with van der Waals surface area (Å²) in [6.45, 7) is -0.592. The van der Waals surface area contributed by atoms with Gasteiger partial charge in [-0.15, -0.1) is 0 Å². The van der Waals surface area contributed by atoms with Gasteiger partial charge in [0.05, 0.1) is 0 Å². The molecule has 0 N–H and O–H groups in total. The maximum atomic E-state index is 12.7. The molecule has 0 fully saturated rings. The van der Waals surface area contributed by atoms with Gasteiger partial charge in [-0.3, -0.25) is 0 Å². The van der Waals surface area contributed by atoms with Gasteiger partial charge in [-0.2, -0.15) is 8.78 Å². The minimum absolute atomic E-state index is 0.173. The maximum absolute atomic E-state index is 12.7. The molecule has 0 bridgehead atoms. The van der Waals surface area contributed by atoms with Crippen molar-refractivity contribution in [2.24, 2.45) is 0 Å². The second kappa shape index (κ2) is 11.5. The Bertz CT molecular complexity index is 888. The molecule has 0 amide bonds. The van der Waals surface area contributed by atoms with E-state index < -0.39 is 6.61 Å². The average molecular weight is 409 g/mol. The normalized spacial score (nSPS) is 11.1. The van der Waals surface area contributed by atoms with E-state index in [1.807, 2.05) is 36.4 Å². The molecule has 0 spiro atoms. The summed E-state index contributed by atoms with van der Waals surface area (Å²) < 4.78 is 30.0. The smallest absolute Gasteiger partial charge is 0.387 e. The van der Waals surface area contributed by atoms with Gasteiger partial charge in [-0.25, -0.2) is 0 Å². The summed E-state index contributed by atoms with van der Waals surface area (Å²) in [5.41, 5.74) is 5.28. The number of halogens is 2. The lowest BCUT2D eigenvalue weighted by atomic mass is 9.93. The Morgan fingerprint density at radius 3 is 2.07 bits per heavy atom. The summed E-state index contributed by atoms with van der Waals surface area (Å²) in [5.74, 6) is 0.173. The van der Waals surface area contributed by atoms with Crippen molar-refractivity contribution in [2.75, 3.05) is 0 Å². The second-order valence-corrected chi connectivity index (χ2v) is 7.67. The molecule has 0 atom stereocenters. The molecule has 0 aromatic heterocycles. The number of hydrogen-bond acceptors (Lipinski definition) is 1. The number of ether oxygens (including phenoxy) is 1. The third kappa shape index (κ3) is 6.41. The first kappa shape index (κ1) is 22.0. The molecule has 0 radical (unpaired) electrons. The van der Waals surface area contributed by atoms with Crippen LogP contribution in [-0.2, 0) is 6.42 Å². The minimum atomic E-state index is -2.83. The molecule has 0 unspecified atom stereocenters. The maximum Gasteiger partial charge on any atom is 0.387 e. The molecule has 158 valence electrons. The first-order chi connectivity index (χ1) is 14.7. The zero-order valence-electron chi connectivity index (χ0n) is 17.6. The van der Waals surface area contributed by atoms with Crippen molar-refractivity contribution in [1.29, 1.82) is 0 Å². The third-order valence-electron chi connectivity index (χ3n) is 5.38. The molecule has 0 saturated heterocycles. The largest absolute Gasteiger partial charge is 0.435 e. The van der Waals surface area contributed by atoms with Crippen LogP contribution in [0.25, 0.3) is 22.3 Å². The molecular formula is C27H30F2O. The van der Waals surface area contributed by atoms with E-state index in [9.17, 15) is 8.78 Å². The van der Waals surface area contributed by atoms with Crippen molar-refractivity contribution in [2.45, 2.75) is 58.5 Å². The standard InChI is InChI=1S/C27H30F2O/c1-2-3-4-5-6-8-11-21-14-16-23(17-15-21)25-19-18-24(30-27(28)29)20-26(25)22-12-9-7-10-13-22/h7,9-10,12-20,27H,2-6,8,11H2,1H3. The van der Waals surface area contributed by atoms with Crippen molar-refractivity contribution in [3.63, 3.8) is 0 Å². The third-order valence-corrected chi connectivity index (χ3v) is 5.38. The fraction of sp³-hybridized carbons (Fsp3) is 0.333. The predicted molar refractivity (Wildman–Crippen MR) is 121 cm³/mol. The van der Waals surface area contributed by atoms with E-state index in [-0.39, 0.29) is 5.75 Å². The zero-order chi connectivity index (χ0) is 21.2. The first-order valence-electron chi connectivity index (χ1n) is 10.9. The number of rotatable bonds is 11. The summed E-state index contributed by atoms with van der Waals surface area (Å²) in [6, 6.07) is 23.6. The Balaban J connectivity index is 1.76. The van der Waals surface area contributed by atoms with Gasteiger partial charge in [0.15, 0.2) is 0 Å². The fourth-order valence-electron chi connectivity index (χ4n) is 3.77. The predicted octanol–water partition coefficient (Wildman–Crippen LogP) is 8.53. The van der Waals surface area contributed by atoms with Crippen LogP contribution in [0, 0.1) is 0 Å². The van der Waals surface area contributed by atoms with Gasteiger partial charge in [0.1, 0.15) is 5.75 Å². The van der Waals surface area contributed by atoms with Crippen LogP contribution < -0.4 is 4.74 Å². The highest BCUT2D eigenvalue weighted by molar-refractivity contribution is 5.84. The molecule has 3 rings (SSSR count). The fourth-order valence-corrected chi connectivity index (χ4v) is 3.77. The molecule has 3 aromatic carbocycles. The lowest BCUT2D eigenvalue weighted by molar-refractivity contribution is -0.0498. The number of aryl methyl sites for hydroxylation is 1. The molecule has 0 aliphatic heterocycles. The van der Waals surface area contributed by atoms with E-state index in [4.69, 9.17) is 0 Å². The summed E-state index contributed by atoms with van der Waals surface area (Å²) in [6.07, 6.45) is 8.87. The van der Waals surface area contributed by atoms with Crippen molar-refractivity contribution in [3.05, 3.63) is 78.4 Å². The van der Waals surface area contributed by atoms with Crippen LogP contribution in [-0.4, -0.2) is 6.61 Å². The number of hydrogen-bond donors (Lipinski definition) is 0. The molecular weight excluding hydrogens is 378 g/mol. The molecule has 0 aliphatic rings. The highest BCUT2D eigenvalue weighted by atomic mass is 19.3. The topological polar surface area (TPSA) is 9.23 Å². The first-order valence-corrected chi connectivity index (χ1v) is 10.9. The highest BCUT2D eigenvalue weighted by Crippen LogP contribution is 2.35. The van der Waals surface area contributed by atoms with Crippen LogP contribution >= 0.6 is 0 Å². The van der Waals surface area contributed by atoms with Gasteiger partial charge in [0.2, 0.25) is 0 Å². The Labute approximate surface area is 178 Å². The van der Waals surface area contributed by atoms with Crippen LogP contribution in [0.1, 0.15) is 51.0 Å². The van der Waals surface area contributed by atoms with Crippen LogP contribution in [0.2, 0.25) is 0 Å². The quantitative estimate of drug-likeness (QED) is 0.289. The van der Waals surface area contributed by atoms with Crippen molar-refractivity contribution in [1.82, 2.24) is 0 Å². The van der Waals surface area contributed by atoms with Crippen molar-refractivity contribution in [3.8, 4) is 28.0 Å². The summed E-state index contributed by atoms with van der Waals surface area (Å²) in [5, 5.41) is 0. The van der Waals surface area contributed by atoms with Gasteiger partial charge in [0.25, 0.3) is 0 Å². The molecule has 0 aliphatic carbocycles. The average Bonchev–Trinajstić information content (AvgIpc) is 2.77. The van der Waals surface area contributed by atoms with Crippen LogP contribution in [0.3, 0.4) is 0 Å². The molecule has 3 heteroatoms. The minimum Gasteiger partial charge on any atom is -0.435 e. The van der Waals surface area contributed by atoms with Crippen LogP contribution in [0.5, 0.6) is 5.75 Å². The van der Waals surface area contributed by atoms with Crippen LogP contribution in [0.15, 0.2) is 72.8 Å². The number of benzene rings is 3. The number of alkyl halides is 2. The van der Waals surface area contributed by atoms with E-state index in [0.717, 1.165) is 28.7 Å². The SMILES string of the molecule is CCCCCCCCc1ccc(-c2ccc(OC(F)F)cc2-c2ccccc2)cc1. The van der Waals surface area contributed by atoms with Gasteiger partial charge < -0.3 is 4.74 Å². The summed E-state index contributed by atoms with van der Waals surface area (Å²) in [7, 11) is 0. The Morgan fingerprint density at radius 1 is 0.700 bits per heavy atom. The summed E-state index contributed by atoms with van der Waals surface area (Å²) in [4.78, 5) is 0. The van der Waals surface area contributed by atoms with E-state index in [1.54, 1.807) is 12.1 Å². The number of unbranched alkanes of at least 4 members (excludes halogenated alkanes) is 5. The van der Waals surface area contributed by atoms with Gasteiger partial charge in [-0.05, 0) is 52.8 Å². The summed E-state index contributed by atoms with van der Waals surface area (Å²) >= 11 is 0. The van der Waals surface area contributed by atoms with Crippen molar-refractivity contribution < 1.29 is 13.5 Å². The molecule has 0 heterocycles. The Morgan fingerprint density at radius 2 is 1.37 bits per heavy atom. The lowest BCUT2D eigenvalue weighted by Gasteiger charge is -2.14. The Hall–Kier alpha value is -2.68. The van der Waals surface area contributed by atoms with E-state index >= 15 is 0 Å². The molecule has 1 nitrogen and oxygen atoms in total. The van der Waals surface area contributed by atoms with Crippen LogP contribution in [0.4, 0.5) is 8.78 Å². The molecule has 30 heavy (non-hydrogen) atoms. The van der Waals surface area contributed by atoms with Gasteiger partial charge in [0, 0.05) is 0 Å². The second-order valence-electron chi connectivity index (χ2n) is 7.67. The van der Waals surface area contributed by atoms with Gasteiger partial charge in [-0.1, -0.05) is 99.7 Å². The van der Waals surface area contributed by atoms with E-state index in [1.165, 1.54) is 44.1 Å². The molecule has 0 saturated carbocycles. The van der Waals surface area contributed by atoms with E-state index in [0.29, 0.717) is 0 Å². The highest BCUT2D eigenvalue weighted by Gasteiger charge is 2.12. The van der Waals surface area contributed by atoms with E-state index in [2.05, 4.69) is 35.9 Å². The lowest BCUT2D eigenvalue weighted by Crippen LogP contribution is -2.02. The molecule has 3 aromatic rings. The van der Waals surface area contributed by atoms with Crippen molar-refractivity contribution >= 4 is 0 Å². The monoisotopic (exact) mass is 408 g/mol. The Kier molecular flexibility index (Phi) is 8.43. The zero-order valence-corrected chi connectivity index (χ0v) is 17.6.